The van der Waals surface area contributed by atoms with Gasteiger partial charge in [0.1, 0.15) is 11.5 Å². The number of allylic oxidation sites excluding steroid dienone is 1. The SMILES string of the molecule is C=C(C)O.COc1ccc(O)cc1. The van der Waals surface area contributed by atoms with Crippen LogP contribution in [-0.4, -0.2) is 17.3 Å². The molecule has 0 aliphatic heterocycles. The monoisotopic (exact) mass is 182 g/mol. The van der Waals surface area contributed by atoms with Gasteiger partial charge in [-0.1, -0.05) is 6.58 Å². The fraction of sp³-hybridized carbons (Fsp3) is 0.200. The first-order chi connectivity index (χ1) is 6.06. The molecule has 1 aromatic carbocycles. The second kappa shape index (κ2) is 5.94. The lowest BCUT2D eigenvalue weighted by atomic mass is 10.3. The molecular formula is C10H14O3. The molecule has 0 bridgehead atoms. The van der Waals surface area contributed by atoms with Crippen molar-refractivity contribution in [3.63, 3.8) is 0 Å². The van der Waals surface area contributed by atoms with Crippen molar-refractivity contribution in [3.8, 4) is 11.5 Å². The Labute approximate surface area is 77.9 Å². The molecule has 1 rings (SSSR count). The van der Waals surface area contributed by atoms with E-state index < -0.39 is 0 Å². The number of phenolic OH excluding ortho intramolecular Hbond substituents is 1. The molecule has 0 unspecified atom stereocenters. The van der Waals surface area contributed by atoms with Crippen molar-refractivity contribution in [1.82, 2.24) is 0 Å². The Hall–Kier alpha value is -1.64. The lowest BCUT2D eigenvalue weighted by Gasteiger charge is -1.96. The summed E-state index contributed by atoms with van der Waals surface area (Å²) in [5.74, 6) is 1.18. The van der Waals surface area contributed by atoms with E-state index in [4.69, 9.17) is 14.9 Å². The number of aromatic hydroxyl groups is 1. The predicted molar refractivity (Wildman–Crippen MR) is 52.1 cm³/mol. The van der Waals surface area contributed by atoms with E-state index in [1.807, 2.05) is 0 Å². The topological polar surface area (TPSA) is 49.7 Å². The summed E-state index contributed by atoms with van der Waals surface area (Å²) in [5.41, 5.74) is 0. The maximum absolute atomic E-state index is 8.80. The molecule has 0 aliphatic rings. The molecule has 0 atom stereocenters. The summed E-state index contributed by atoms with van der Waals surface area (Å²) >= 11 is 0. The third-order valence-electron chi connectivity index (χ3n) is 1.07. The maximum atomic E-state index is 8.80. The van der Waals surface area contributed by atoms with Gasteiger partial charge in [-0.15, -0.1) is 0 Å². The largest absolute Gasteiger partial charge is 0.513 e. The first kappa shape index (κ1) is 11.4. The van der Waals surface area contributed by atoms with Crippen molar-refractivity contribution in [2.24, 2.45) is 0 Å². The van der Waals surface area contributed by atoms with Crippen molar-refractivity contribution >= 4 is 0 Å². The number of benzene rings is 1. The smallest absolute Gasteiger partial charge is 0.119 e. The van der Waals surface area contributed by atoms with Gasteiger partial charge in [0.05, 0.1) is 12.9 Å². The van der Waals surface area contributed by atoms with Crippen LogP contribution in [0.25, 0.3) is 0 Å². The minimum atomic E-state index is 0.167. The van der Waals surface area contributed by atoms with Crippen LogP contribution in [0, 0.1) is 0 Å². The number of rotatable bonds is 1. The number of aliphatic hydroxyl groups is 1. The Morgan fingerprint density at radius 1 is 1.31 bits per heavy atom. The van der Waals surface area contributed by atoms with Gasteiger partial charge in [-0.05, 0) is 31.2 Å². The average Bonchev–Trinajstić information content (AvgIpc) is 2.05. The third kappa shape index (κ3) is 6.75. The van der Waals surface area contributed by atoms with Crippen LogP contribution in [0.3, 0.4) is 0 Å². The average molecular weight is 182 g/mol. The zero-order chi connectivity index (χ0) is 10.3. The molecule has 0 radical (unpaired) electrons. The van der Waals surface area contributed by atoms with Gasteiger partial charge in [-0.2, -0.15) is 0 Å². The van der Waals surface area contributed by atoms with Crippen LogP contribution in [0.4, 0.5) is 0 Å². The Kier molecular flexibility index (Phi) is 5.19. The highest BCUT2D eigenvalue weighted by molar-refractivity contribution is 5.29. The quantitative estimate of drug-likeness (QED) is 0.656. The molecule has 0 aliphatic carbocycles. The van der Waals surface area contributed by atoms with E-state index in [9.17, 15) is 0 Å². The molecular weight excluding hydrogens is 168 g/mol. The highest BCUT2D eigenvalue weighted by Gasteiger charge is 1.87. The van der Waals surface area contributed by atoms with Gasteiger partial charge in [0, 0.05) is 0 Å². The van der Waals surface area contributed by atoms with Crippen molar-refractivity contribution in [2.75, 3.05) is 7.11 Å². The van der Waals surface area contributed by atoms with Crippen molar-refractivity contribution < 1.29 is 14.9 Å². The van der Waals surface area contributed by atoms with Gasteiger partial charge in [-0.25, -0.2) is 0 Å². The van der Waals surface area contributed by atoms with E-state index in [1.165, 1.54) is 6.92 Å². The molecule has 3 nitrogen and oxygen atoms in total. The molecule has 0 spiro atoms. The Morgan fingerprint density at radius 3 is 2.00 bits per heavy atom. The number of ether oxygens (including phenoxy) is 1. The summed E-state index contributed by atoms with van der Waals surface area (Å²) in [6.07, 6.45) is 0. The van der Waals surface area contributed by atoms with Gasteiger partial charge in [0.25, 0.3) is 0 Å². The second-order valence-corrected chi connectivity index (χ2v) is 2.43. The first-order valence-electron chi connectivity index (χ1n) is 3.73. The molecule has 72 valence electrons. The number of hydrogen-bond acceptors (Lipinski definition) is 3. The summed E-state index contributed by atoms with van der Waals surface area (Å²) in [7, 11) is 1.59. The molecule has 1 aromatic rings. The van der Waals surface area contributed by atoms with Gasteiger partial charge >= 0.3 is 0 Å². The minimum absolute atomic E-state index is 0.167. The molecule has 13 heavy (non-hydrogen) atoms. The Morgan fingerprint density at radius 2 is 1.69 bits per heavy atom. The molecule has 0 saturated heterocycles. The first-order valence-corrected chi connectivity index (χ1v) is 3.73. The molecule has 0 saturated carbocycles. The van der Waals surface area contributed by atoms with Crippen LogP contribution >= 0.6 is 0 Å². The van der Waals surface area contributed by atoms with Crippen LogP contribution < -0.4 is 4.74 Å². The highest BCUT2D eigenvalue weighted by atomic mass is 16.5. The zero-order valence-corrected chi connectivity index (χ0v) is 7.82. The molecule has 0 fully saturated rings. The Bertz CT molecular complexity index is 247. The number of methoxy groups -OCH3 is 1. The van der Waals surface area contributed by atoms with E-state index in [1.54, 1.807) is 31.4 Å². The number of hydrogen-bond donors (Lipinski definition) is 2. The van der Waals surface area contributed by atoms with Crippen LogP contribution in [0.15, 0.2) is 36.6 Å². The van der Waals surface area contributed by atoms with Gasteiger partial charge in [-0.3, -0.25) is 0 Å². The zero-order valence-electron chi connectivity index (χ0n) is 7.82. The van der Waals surface area contributed by atoms with Crippen LogP contribution in [0.1, 0.15) is 6.92 Å². The van der Waals surface area contributed by atoms with Gasteiger partial charge in [0.15, 0.2) is 0 Å². The number of phenols is 1. The van der Waals surface area contributed by atoms with Crippen LogP contribution in [0.5, 0.6) is 11.5 Å². The minimum Gasteiger partial charge on any atom is -0.513 e. The van der Waals surface area contributed by atoms with Gasteiger partial charge in [0.2, 0.25) is 0 Å². The van der Waals surface area contributed by atoms with Crippen molar-refractivity contribution in [3.05, 3.63) is 36.6 Å². The normalized spacial score (nSPS) is 8.15. The lowest BCUT2D eigenvalue weighted by Crippen LogP contribution is -1.79. The summed E-state index contributed by atoms with van der Waals surface area (Å²) in [6.45, 7) is 4.64. The lowest BCUT2D eigenvalue weighted by molar-refractivity contribution is 0.412. The summed E-state index contributed by atoms with van der Waals surface area (Å²) in [6, 6.07) is 6.57. The Balaban J connectivity index is 0.000000310. The summed E-state index contributed by atoms with van der Waals surface area (Å²) in [4.78, 5) is 0. The maximum Gasteiger partial charge on any atom is 0.119 e. The van der Waals surface area contributed by atoms with Crippen molar-refractivity contribution in [2.45, 2.75) is 6.92 Å². The molecule has 0 aromatic heterocycles. The van der Waals surface area contributed by atoms with E-state index in [0.717, 1.165) is 5.75 Å². The van der Waals surface area contributed by atoms with E-state index in [0.29, 0.717) is 0 Å². The fourth-order valence-electron chi connectivity index (χ4n) is 0.582. The third-order valence-corrected chi connectivity index (χ3v) is 1.07. The second-order valence-electron chi connectivity index (χ2n) is 2.43. The molecule has 0 heterocycles. The van der Waals surface area contributed by atoms with Crippen LogP contribution in [-0.2, 0) is 0 Å². The van der Waals surface area contributed by atoms with E-state index in [-0.39, 0.29) is 11.5 Å². The van der Waals surface area contributed by atoms with E-state index in [2.05, 4.69) is 6.58 Å². The summed E-state index contributed by atoms with van der Waals surface area (Å²) in [5, 5.41) is 16.7. The fourth-order valence-corrected chi connectivity index (χ4v) is 0.582. The molecule has 3 heteroatoms. The molecule has 0 amide bonds. The van der Waals surface area contributed by atoms with E-state index >= 15 is 0 Å². The molecule has 2 N–H and O–H groups in total. The van der Waals surface area contributed by atoms with Gasteiger partial charge < -0.3 is 14.9 Å². The van der Waals surface area contributed by atoms with Crippen molar-refractivity contribution in [1.29, 1.82) is 0 Å². The highest BCUT2D eigenvalue weighted by Crippen LogP contribution is 2.14. The summed E-state index contributed by atoms with van der Waals surface area (Å²) < 4.78 is 4.86. The number of aliphatic hydroxyl groups excluding tert-OH is 1. The van der Waals surface area contributed by atoms with Crippen LogP contribution in [0.2, 0.25) is 0 Å². The standard InChI is InChI=1S/C7H8O2.C3H6O/c1-9-7-4-2-6(8)3-5-7;1-3(2)4/h2-5,8H,1H3;4H,1H2,2H3. The predicted octanol–water partition coefficient (Wildman–Crippen LogP) is 2.48.